The molecule has 0 fully saturated rings. The van der Waals surface area contributed by atoms with E-state index in [0.717, 1.165) is 15.6 Å². The van der Waals surface area contributed by atoms with Crippen LogP contribution in [-0.4, -0.2) is 30.4 Å². The summed E-state index contributed by atoms with van der Waals surface area (Å²) in [7, 11) is -2.36. The van der Waals surface area contributed by atoms with Crippen LogP contribution in [0.1, 0.15) is 0 Å². The molecule has 114 valence electrons. The van der Waals surface area contributed by atoms with E-state index >= 15 is 0 Å². The van der Waals surface area contributed by atoms with Crippen molar-refractivity contribution in [3.05, 3.63) is 40.8 Å². The third-order valence-corrected chi connectivity index (χ3v) is 6.61. The summed E-state index contributed by atoms with van der Waals surface area (Å²) in [6, 6.07) is 8.69. The lowest BCUT2D eigenvalue weighted by Gasteiger charge is -2.17. The number of anilines is 1. The van der Waals surface area contributed by atoms with E-state index in [1.54, 1.807) is 30.3 Å². The number of halogens is 2. The van der Waals surface area contributed by atoms with Crippen molar-refractivity contribution in [2.45, 2.75) is 4.34 Å². The van der Waals surface area contributed by atoms with Gasteiger partial charge >= 0.3 is 0 Å². The van der Waals surface area contributed by atoms with Gasteiger partial charge in [-0.1, -0.05) is 41.1 Å². The highest BCUT2D eigenvalue weighted by molar-refractivity contribution is 7.94. The van der Waals surface area contributed by atoms with Gasteiger partial charge in [-0.25, -0.2) is 9.97 Å². The van der Waals surface area contributed by atoms with Gasteiger partial charge in [0.05, 0.1) is 5.69 Å². The van der Waals surface area contributed by atoms with Crippen LogP contribution >= 0.6 is 34.5 Å². The first kappa shape index (κ1) is 15.4. The predicted molar refractivity (Wildman–Crippen MR) is 87.3 cm³/mol. The Morgan fingerprint density at radius 3 is 2.45 bits per heavy atom. The smallest absolute Gasteiger partial charge is 0.267 e. The number of fused-ring (bicyclic) bond motifs is 1. The lowest BCUT2D eigenvalue weighted by Crippen LogP contribution is -2.26. The number of benzene rings is 1. The molecule has 0 bridgehead atoms. The Hall–Kier alpha value is -1.48. The zero-order valence-corrected chi connectivity index (χ0v) is 14.2. The molecule has 0 aliphatic heterocycles. The molecular weight excluding hydrogens is 367 g/mol. The van der Waals surface area contributed by atoms with E-state index in [2.05, 4.69) is 15.0 Å². The van der Waals surface area contributed by atoms with Gasteiger partial charge in [-0.15, -0.1) is 0 Å². The van der Waals surface area contributed by atoms with E-state index in [0.29, 0.717) is 10.4 Å². The molecule has 0 radical (unpaired) electrons. The van der Waals surface area contributed by atoms with E-state index in [1.807, 2.05) is 0 Å². The molecule has 0 aliphatic rings. The molecule has 2 heterocycles. The zero-order valence-electron chi connectivity index (χ0n) is 11.1. The molecule has 3 aromatic rings. The van der Waals surface area contributed by atoms with Crippen molar-refractivity contribution in [1.29, 1.82) is 0 Å². The number of hydrogen-bond donors (Lipinski definition) is 0. The second-order valence-electron chi connectivity index (χ2n) is 4.22. The van der Waals surface area contributed by atoms with Crippen LogP contribution in [0.5, 0.6) is 0 Å². The lowest BCUT2D eigenvalue weighted by molar-refractivity contribution is 0.594. The molecule has 0 saturated heterocycles. The van der Waals surface area contributed by atoms with Crippen molar-refractivity contribution >= 4 is 60.6 Å². The maximum Gasteiger partial charge on any atom is 0.291 e. The Kier molecular flexibility index (Phi) is 3.94. The first-order chi connectivity index (χ1) is 10.4. The van der Waals surface area contributed by atoms with Gasteiger partial charge in [-0.3, -0.25) is 4.31 Å². The molecule has 3 rings (SSSR count). The standard InChI is InChI=1S/C12H8Cl2N4O2S2/c1-18(7-5-3-2-4-6-7)22(19,20)12-17-10-8(21-12)9(13)15-11(14)16-10/h2-6H,1H3. The van der Waals surface area contributed by atoms with Crippen LogP contribution in [0.15, 0.2) is 34.7 Å². The minimum absolute atomic E-state index is 0.0799. The Bertz CT molecular complexity index is 944. The van der Waals surface area contributed by atoms with Gasteiger partial charge in [0.25, 0.3) is 10.0 Å². The van der Waals surface area contributed by atoms with Crippen molar-refractivity contribution in [2.24, 2.45) is 0 Å². The van der Waals surface area contributed by atoms with Crippen molar-refractivity contribution in [2.75, 3.05) is 11.4 Å². The highest BCUT2D eigenvalue weighted by Gasteiger charge is 2.26. The molecular formula is C12H8Cl2N4O2S2. The zero-order chi connectivity index (χ0) is 15.9. The van der Waals surface area contributed by atoms with Crippen LogP contribution in [0.2, 0.25) is 10.4 Å². The van der Waals surface area contributed by atoms with Crippen molar-refractivity contribution in [3.63, 3.8) is 0 Å². The summed E-state index contributed by atoms with van der Waals surface area (Å²) in [5.41, 5.74) is 0.687. The van der Waals surface area contributed by atoms with E-state index < -0.39 is 10.0 Å². The molecule has 6 nitrogen and oxygen atoms in total. The molecule has 10 heteroatoms. The number of para-hydroxylation sites is 1. The van der Waals surface area contributed by atoms with E-state index in [-0.39, 0.29) is 20.4 Å². The average Bonchev–Trinajstić information content (AvgIpc) is 2.92. The van der Waals surface area contributed by atoms with Crippen LogP contribution in [0.3, 0.4) is 0 Å². The molecule has 1 aromatic carbocycles. The Balaban J connectivity index is 2.12. The van der Waals surface area contributed by atoms with Gasteiger partial charge in [0.1, 0.15) is 4.70 Å². The summed E-state index contributed by atoms with van der Waals surface area (Å²) in [6.45, 7) is 0. The monoisotopic (exact) mass is 374 g/mol. The fourth-order valence-electron chi connectivity index (χ4n) is 1.75. The number of hydrogen-bond acceptors (Lipinski definition) is 6. The summed E-state index contributed by atoms with van der Waals surface area (Å²) >= 11 is 12.6. The number of nitrogens with zero attached hydrogens (tertiary/aromatic N) is 4. The Morgan fingerprint density at radius 1 is 1.09 bits per heavy atom. The van der Waals surface area contributed by atoms with Crippen LogP contribution in [0.25, 0.3) is 10.3 Å². The number of rotatable bonds is 3. The third-order valence-electron chi connectivity index (χ3n) is 2.87. The van der Waals surface area contributed by atoms with E-state index in [9.17, 15) is 8.42 Å². The van der Waals surface area contributed by atoms with Gasteiger partial charge in [0, 0.05) is 7.05 Å². The third kappa shape index (κ3) is 2.63. The largest absolute Gasteiger partial charge is 0.291 e. The van der Waals surface area contributed by atoms with Gasteiger partial charge in [-0.05, 0) is 23.7 Å². The fraction of sp³-hybridized carbons (Fsp3) is 0.0833. The van der Waals surface area contributed by atoms with Gasteiger partial charge < -0.3 is 0 Å². The van der Waals surface area contributed by atoms with Crippen molar-refractivity contribution < 1.29 is 8.42 Å². The minimum Gasteiger partial charge on any atom is -0.267 e. The Labute approximate surface area is 140 Å². The second kappa shape index (κ2) is 5.62. The summed E-state index contributed by atoms with van der Waals surface area (Å²) in [6.07, 6.45) is 0. The summed E-state index contributed by atoms with van der Waals surface area (Å²) in [5.74, 6) is 0. The predicted octanol–water partition coefficient (Wildman–Crippen LogP) is 3.22. The molecule has 2 aromatic heterocycles. The van der Waals surface area contributed by atoms with E-state index in [1.165, 1.54) is 7.05 Å². The average molecular weight is 375 g/mol. The molecule has 0 saturated carbocycles. The molecule has 0 atom stereocenters. The van der Waals surface area contributed by atoms with Crippen molar-refractivity contribution in [1.82, 2.24) is 15.0 Å². The maximum absolute atomic E-state index is 12.6. The fourth-order valence-corrected chi connectivity index (χ4v) is 4.70. The second-order valence-corrected chi connectivity index (χ2v) is 8.06. The first-order valence-corrected chi connectivity index (χ1v) is 8.94. The molecule has 0 spiro atoms. The summed E-state index contributed by atoms with van der Waals surface area (Å²) in [5, 5.41) is -0.000485. The summed E-state index contributed by atoms with van der Waals surface area (Å²) in [4.78, 5) is 11.7. The van der Waals surface area contributed by atoms with Crippen LogP contribution in [-0.2, 0) is 10.0 Å². The summed E-state index contributed by atoms with van der Waals surface area (Å²) < 4.78 is 26.7. The van der Waals surface area contributed by atoms with E-state index in [4.69, 9.17) is 23.2 Å². The molecule has 22 heavy (non-hydrogen) atoms. The number of thiazole rings is 1. The first-order valence-electron chi connectivity index (χ1n) is 5.93. The quantitative estimate of drug-likeness (QED) is 0.519. The van der Waals surface area contributed by atoms with Gasteiger partial charge in [0.15, 0.2) is 10.8 Å². The number of aromatic nitrogens is 3. The molecule has 0 N–H and O–H groups in total. The molecule has 0 amide bonds. The lowest BCUT2D eigenvalue weighted by atomic mass is 10.3. The maximum atomic E-state index is 12.6. The molecule has 0 unspecified atom stereocenters. The Morgan fingerprint density at radius 2 is 1.77 bits per heavy atom. The van der Waals surface area contributed by atoms with Gasteiger partial charge in [-0.2, -0.15) is 13.4 Å². The molecule has 0 aliphatic carbocycles. The van der Waals surface area contributed by atoms with Gasteiger partial charge in [0.2, 0.25) is 9.62 Å². The van der Waals surface area contributed by atoms with Crippen molar-refractivity contribution in [3.8, 4) is 0 Å². The number of sulfonamides is 1. The highest BCUT2D eigenvalue weighted by atomic mass is 35.5. The normalized spacial score (nSPS) is 11.8. The van der Waals surface area contributed by atoms with Crippen LogP contribution in [0, 0.1) is 0 Å². The van der Waals surface area contributed by atoms with Crippen LogP contribution in [0.4, 0.5) is 5.69 Å². The topological polar surface area (TPSA) is 76.1 Å². The minimum atomic E-state index is -3.81. The van der Waals surface area contributed by atoms with Crippen LogP contribution < -0.4 is 4.31 Å². The SMILES string of the molecule is CN(c1ccccc1)S(=O)(=O)c1nc2nc(Cl)nc(Cl)c2s1. The highest BCUT2D eigenvalue weighted by Crippen LogP contribution is 2.32.